The monoisotopic (exact) mass is 476 g/mol. The number of piperazine rings is 1. The van der Waals surface area contributed by atoms with Crippen LogP contribution in [0.4, 0.5) is 5.82 Å². The van der Waals surface area contributed by atoms with Gasteiger partial charge in [0.05, 0.1) is 24.9 Å². The van der Waals surface area contributed by atoms with Gasteiger partial charge in [-0.3, -0.25) is 9.69 Å². The molecule has 0 saturated carbocycles. The zero-order valence-corrected chi connectivity index (χ0v) is 20.5. The fraction of sp³-hybridized carbons (Fsp3) is 0.545. The van der Waals surface area contributed by atoms with Crippen LogP contribution < -0.4 is 5.32 Å². The van der Waals surface area contributed by atoms with E-state index >= 15 is 0 Å². The highest BCUT2D eigenvalue weighted by molar-refractivity contribution is 7.86. The summed E-state index contributed by atoms with van der Waals surface area (Å²) < 4.78 is 35.6. The molecule has 0 radical (unpaired) electrons. The van der Waals surface area contributed by atoms with Gasteiger partial charge >= 0.3 is 0 Å². The van der Waals surface area contributed by atoms with Gasteiger partial charge in [-0.25, -0.2) is 0 Å². The molecule has 1 saturated heterocycles. The lowest BCUT2D eigenvalue weighted by molar-refractivity contribution is -0.117. The molecule has 2 aromatic rings. The molecule has 11 heteroatoms. The summed E-state index contributed by atoms with van der Waals surface area (Å²) in [6.07, 6.45) is 1.59. The topological polar surface area (TPSA) is 115 Å². The summed E-state index contributed by atoms with van der Waals surface area (Å²) in [5, 5.41) is 12.6. The van der Waals surface area contributed by atoms with E-state index in [2.05, 4.69) is 11.4 Å². The molecule has 10 nitrogen and oxygen atoms in total. The number of hydrogen-bond acceptors (Lipinski definition) is 6. The Morgan fingerprint density at radius 1 is 1.21 bits per heavy atom. The predicted octanol–water partition coefficient (Wildman–Crippen LogP) is 1.76. The number of furan rings is 1. The number of nitriles is 1. The van der Waals surface area contributed by atoms with Crippen LogP contribution >= 0.6 is 0 Å². The number of anilines is 1. The van der Waals surface area contributed by atoms with Gasteiger partial charge in [0.15, 0.2) is 0 Å². The summed E-state index contributed by atoms with van der Waals surface area (Å²) in [6.45, 7) is 10.4. The van der Waals surface area contributed by atoms with Crippen molar-refractivity contribution < 1.29 is 17.6 Å². The molecule has 1 amide bonds. The number of aromatic nitrogens is 1. The highest BCUT2D eigenvalue weighted by Crippen LogP contribution is 2.27. The van der Waals surface area contributed by atoms with E-state index in [-0.39, 0.29) is 12.5 Å². The van der Waals surface area contributed by atoms with Crippen molar-refractivity contribution in [3.8, 4) is 6.07 Å². The third-order valence-corrected chi connectivity index (χ3v) is 8.34. The molecule has 33 heavy (non-hydrogen) atoms. The highest BCUT2D eigenvalue weighted by atomic mass is 32.2. The molecule has 0 aliphatic carbocycles. The first-order chi connectivity index (χ1) is 15.7. The van der Waals surface area contributed by atoms with E-state index < -0.39 is 10.2 Å². The molecule has 2 aromatic heterocycles. The van der Waals surface area contributed by atoms with Crippen molar-refractivity contribution in [2.75, 3.05) is 51.1 Å². The Morgan fingerprint density at radius 3 is 2.42 bits per heavy atom. The predicted molar refractivity (Wildman–Crippen MR) is 125 cm³/mol. The van der Waals surface area contributed by atoms with Crippen molar-refractivity contribution in [3.05, 3.63) is 41.0 Å². The van der Waals surface area contributed by atoms with Crippen LogP contribution in [0.25, 0.3) is 0 Å². The zero-order chi connectivity index (χ0) is 24.2. The minimum atomic E-state index is -3.48. The Morgan fingerprint density at radius 2 is 1.88 bits per heavy atom. The Labute approximate surface area is 195 Å². The van der Waals surface area contributed by atoms with Crippen LogP contribution in [-0.4, -0.2) is 78.2 Å². The smallest absolute Gasteiger partial charge is 0.282 e. The summed E-state index contributed by atoms with van der Waals surface area (Å²) in [7, 11) is -3.48. The van der Waals surface area contributed by atoms with Crippen LogP contribution in [0.3, 0.4) is 0 Å². The average Bonchev–Trinajstić information content (AvgIpc) is 3.37. The van der Waals surface area contributed by atoms with Gasteiger partial charge in [0.2, 0.25) is 5.91 Å². The molecular formula is C22H32N6O4S. The lowest BCUT2D eigenvalue weighted by Gasteiger charge is -2.35. The molecule has 3 rings (SSSR count). The molecular weight excluding hydrogens is 444 g/mol. The van der Waals surface area contributed by atoms with E-state index in [4.69, 9.17) is 4.42 Å². The second kappa shape index (κ2) is 10.5. The number of carbonyl (C=O) groups is 1. The highest BCUT2D eigenvalue weighted by Gasteiger charge is 2.31. The van der Waals surface area contributed by atoms with E-state index in [1.165, 1.54) is 8.61 Å². The number of hydrogen-bond donors (Lipinski definition) is 1. The second-order valence-electron chi connectivity index (χ2n) is 8.03. The normalized spacial score (nSPS) is 15.6. The first-order valence-corrected chi connectivity index (χ1v) is 12.5. The van der Waals surface area contributed by atoms with Crippen molar-refractivity contribution >= 4 is 21.9 Å². The molecule has 0 atom stereocenters. The Bertz CT molecular complexity index is 1100. The maximum atomic E-state index is 12.9. The standard InChI is InChI=1S/C22H32N6O4S/c1-5-26(6-2)33(30,31)27-11-9-25(10-12-27)16-21(29)24-22-20(14-23)17(3)18(4)28(22)15-19-8-7-13-32-19/h7-8,13H,5-6,9-12,15-16H2,1-4H3,(H,24,29). The van der Waals surface area contributed by atoms with Crippen molar-refractivity contribution in [1.82, 2.24) is 18.1 Å². The first-order valence-electron chi connectivity index (χ1n) is 11.1. The molecule has 0 aromatic carbocycles. The summed E-state index contributed by atoms with van der Waals surface area (Å²) in [5.74, 6) is 0.931. The lowest BCUT2D eigenvalue weighted by atomic mass is 10.2. The summed E-state index contributed by atoms with van der Waals surface area (Å²) in [5.41, 5.74) is 2.13. The van der Waals surface area contributed by atoms with E-state index in [0.717, 1.165) is 17.0 Å². The van der Waals surface area contributed by atoms with E-state index in [1.807, 2.05) is 43.2 Å². The van der Waals surface area contributed by atoms with E-state index in [0.29, 0.717) is 57.2 Å². The van der Waals surface area contributed by atoms with E-state index in [1.54, 1.807) is 12.3 Å². The average molecular weight is 477 g/mol. The number of nitrogens with one attached hydrogen (secondary N) is 1. The first kappa shape index (κ1) is 25.0. The molecule has 1 aliphatic heterocycles. The summed E-state index contributed by atoms with van der Waals surface area (Å²) in [4.78, 5) is 14.8. The van der Waals surface area contributed by atoms with Gasteiger partial charge < -0.3 is 14.3 Å². The number of nitrogens with zero attached hydrogens (tertiary/aromatic N) is 5. The van der Waals surface area contributed by atoms with Crippen LogP contribution in [0.1, 0.15) is 36.4 Å². The van der Waals surface area contributed by atoms with Crippen LogP contribution in [0.5, 0.6) is 0 Å². The van der Waals surface area contributed by atoms with Gasteiger partial charge in [0, 0.05) is 45.0 Å². The van der Waals surface area contributed by atoms with Gasteiger partial charge in [0.25, 0.3) is 10.2 Å². The van der Waals surface area contributed by atoms with Gasteiger partial charge in [-0.15, -0.1) is 0 Å². The third-order valence-electron chi connectivity index (χ3n) is 6.15. The summed E-state index contributed by atoms with van der Waals surface area (Å²) in [6, 6.07) is 5.84. The van der Waals surface area contributed by atoms with Gasteiger partial charge in [-0.1, -0.05) is 13.8 Å². The molecule has 0 spiro atoms. The molecule has 0 unspecified atom stereocenters. The van der Waals surface area contributed by atoms with Crippen LogP contribution in [-0.2, 0) is 21.5 Å². The number of amides is 1. The molecule has 1 N–H and O–H groups in total. The minimum Gasteiger partial charge on any atom is -0.467 e. The number of rotatable bonds is 9. The fourth-order valence-corrected chi connectivity index (χ4v) is 5.70. The SMILES string of the molecule is CCN(CC)S(=O)(=O)N1CCN(CC(=O)Nc2c(C#N)c(C)c(C)n2Cc2ccco2)CC1. The molecule has 0 bridgehead atoms. The van der Waals surface area contributed by atoms with E-state index in [9.17, 15) is 18.5 Å². The molecule has 1 aliphatic rings. The third kappa shape index (κ3) is 5.30. The Kier molecular flexibility index (Phi) is 7.97. The van der Waals surface area contributed by atoms with Crippen molar-refractivity contribution in [3.63, 3.8) is 0 Å². The number of carbonyl (C=O) groups excluding carboxylic acids is 1. The minimum absolute atomic E-state index is 0.119. The van der Waals surface area contributed by atoms with Crippen molar-refractivity contribution in [2.24, 2.45) is 0 Å². The molecule has 1 fully saturated rings. The molecule has 3 heterocycles. The fourth-order valence-electron chi connectivity index (χ4n) is 4.09. The van der Waals surface area contributed by atoms with Crippen LogP contribution in [0, 0.1) is 25.2 Å². The second-order valence-corrected chi connectivity index (χ2v) is 9.96. The van der Waals surface area contributed by atoms with Crippen molar-refractivity contribution in [1.29, 1.82) is 5.26 Å². The molecule has 180 valence electrons. The van der Waals surface area contributed by atoms with Crippen molar-refractivity contribution in [2.45, 2.75) is 34.2 Å². The Hall–Kier alpha value is -2.65. The quantitative estimate of drug-likeness (QED) is 0.590. The lowest BCUT2D eigenvalue weighted by Crippen LogP contribution is -2.54. The van der Waals surface area contributed by atoms with Gasteiger partial charge in [-0.05, 0) is 31.5 Å². The zero-order valence-electron chi connectivity index (χ0n) is 19.7. The van der Waals surface area contributed by atoms with Gasteiger partial charge in [-0.2, -0.15) is 22.3 Å². The Balaban J connectivity index is 1.66. The van der Waals surface area contributed by atoms with Gasteiger partial charge in [0.1, 0.15) is 17.6 Å². The maximum Gasteiger partial charge on any atom is 0.282 e. The summed E-state index contributed by atoms with van der Waals surface area (Å²) >= 11 is 0. The van der Waals surface area contributed by atoms with Crippen LogP contribution in [0.2, 0.25) is 0 Å². The maximum absolute atomic E-state index is 12.9. The largest absolute Gasteiger partial charge is 0.467 e. The van der Waals surface area contributed by atoms with Crippen LogP contribution in [0.15, 0.2) is 22.8 Å².